The monoisotopic (exact) mass is 483 g/mol. The first-order valence-electron chi connectivity index (χ1n) is 10.7. The van der Waals surface area contributed by atoms with Crippen molar-refractivity contribution in [2.75, 3.05) is 32.8 Å². The Balaban J connectivity index is 1.87. The predicted molar refractivity (Wildman–Crippen MR) is 129 cm³/mol. The van der Waals surface area contributed by atoms with Crippen LogP contribution in [-0.2, 0) is 16.9 Å². The number of alkyl halides is 1. The van der Waals surface area contributed by atoms with Gasteiger partial charge in [-0.25, -0.2) is 9.67 Å². The van der Waals surface area contributed by atoms with Crippen LogP contribution in [0.15, 0.2) is 54.7 Å². The van der Waals surface area contributed by atoms with Gasteiger partial charge in [0.1, 0.15) is 12.4 Å². The number of benzene rings is 1. The van der Waals surface area contributed by atoms with Crippen LogP contribution in [0.5, 0.6) is 5.75 Å². The van der Waals surface area contributed by atoms with Crippen LogP contribution in [0.4, 0.5) is 0 Å². The molecule has 0 saturated carbocycles. The van der Waals surface area contributed by atoms with E-state index in [1.807, 2.05) is 36.4 Å². The van der Waals surface area contributed by atoms with Gasteiger partial charge in [-0.1, -0.05) is 12.1 Å². The van der Waals surface area contributed by atoms with Crippen LogP contribution >= 0.6 is 11.6 Å². The summed E-state index contributed by atoms with van der Waals surface area (Å²) in [5, 5.41) is 24.6. The second kappa shape index (κ2) is 10.5. The van der Waals surface area contributed by atoms with Crippen molar-refractivity contribution in [2.24, 2.45) is 5.73 Å². The van der Waals surface area contributed by atoms with Gasteiger partial charge in [-0.2, -0.15) is 5.10 Å². The number of halogens is 1. The molecule has 1 atom stereocenters. The summed E-state index contributed by atoms with van der Waals surface area (Å²) in [5.74, 6) is 1.19. The fourth-order valence-electron chi connectivity index (χ4n) is 3.52. The molecule has 34 heavy (non-hydrogen) atoms. The van der Waals surface area contributed by atoms with E-state index in [-0.39, 0.29) is 19.1 Å². The van der Waals surface area contributed by atoms with Crippen molar-refractivity contribution < 1.29 is 19.7 Å². The summed E-state index contributed by atoms with van der Waals surface area (Å²) < 4.78 is 12.8. The fraction of sp³-hybridized carbons (Fsp3) is 0.292. The highest BCUT2D eigenvalue weighted by Crippen LogP contribution is 2.33. The second-order valence-corrected chi connectivity index (χ2v) is 8.07. The van der Waals surface area contributed by atoms with Gasteiger partial charge in [0.05, 0.1) is 59.5 Å². The van der Waals surface area contributed by atoms with Crippen LogP contribution in [-0.4, -0.2) is 62.8 Å². The Labute approximate surface area is 201 Å². The largest absolute Gasteiger partial charge is 0.490 e. The molecule has 0 fully saturated rings. The number of hydrogen-bond acceptors (Lipinski definition) is 8. The lowest BCUT2D eigenvalue weighted by Gasteiger charge is -2.24. The normalized spacial score (nSPS) is 13.2. The van der Waals surface area contributed by atoms with Crippen molar-refractivity contribution in [3.8, 4) is 22.8 Å². The number of aliphatic hydroxyl groups excluding tert-OH is 2. The Bertz CT molecular complexity index is 1280. The minimum Gasteiger partial charge on any atom is -0.490 e. The standard InChI is InChI=1S/C24H26ClN5O4/c1-33-8-9-34-21-11-16(19-5-3-6-22(29-19)24(26,14-25)15-32)10-20-18(21)12-27-30(20)23-7-2-4-17(13-31)28-23/h2-7,10-12,31-32H,8-9,13-15,26H2,1H3. The summed E-state index contributed by atoms with van der Waals surface area (Å²) in [6, 6.07) is 14.6. The maximum atomic E-state index is 9.77. The molecule has 1 unspecified atom stereocenters. The lowest BCUT2D eigenvalue weighted by Crippen LogP contribution is -2.43. The third kappa shape index (κ3) is 4.75. The molecule has 0 bridgehead atoms. The fourth-order valence-corrected chi connectivity index (χ4v) is 3.74. The third-order valence-electron chi connectivity index (χ3n) is 5.44. The number of hydrogen-bond donors (Lipinski definition) is 3. The number of aromatic nitrogens is 4. The highest BCUT2D eigenvalue weighted by atomic mass is 35.5. The lowest BCUT2D eigenvalue weighted by molar-refractivity contribution is 0.147. The molecule has 10 heteroatoms. The van der Waals surface area contributed by atoms with Gasteiger partial charge in [-0.3, -0.25) is 4.98 Å². The van der Waals surface area contributed by atoms with Crippen LogP contribution < -0.4 is 10.5 Å². The number of pyridine rings is 2. The lowest BCUT2D eigenvalue weighted by atomic mass is 9.98. The van der Waals surface area contributed by atoms with Crippen molar-refractivity contribution in [2.45, 2.75) is 12.1 Å². The van der Waals surface area contributed by atoms with E-state index >= 15 is 0 Å². The Hall–Kier alpha value is -3.08. The van der Waals surface area contributed by atoms with Gasteiger partial charge >= 0.3 is 0 Å². The van der Waals surface area contributed by atoms with Crippen molar-refractivity contribution in [1.29, 1.82) is 0 Å². The summed E-state index contributed by atoms with van der Waals surface area (Å²) >= 11 is 6.02. The summed E-state index contributed by atoms with van der Waals surface area (Å²) in [5.41, 5.74) is 8.25. The number of ether oxygens (including phenoxy) is 2. The quantitative estimate of drug-likeness (QED) is 0.231. The first kappa shape index (κ1) is 24.1. The Kier molecular flexibility index (Phi) is 7.40. The number of nitrogens with zero attached hydrogens (tertiary/aromatic N) is 4. The number of methoxy groups -OCH3 is 1. The zero-order valence-electron chi connectivity index (χ0n) is 18.7. The zero-order chi connectivity index (χ0) is 24.1. The molecule has 178 valence electrons. The molecule has 0 aliphatic rings. The van der Waals surface area contributed by atoms with Crippen molar-refractivity contribution in [1.82, 2.24) is 19.7 Å². The smallest absolute Gasteiger partial charge is 0.154 e. The SMILES string of the molecule is COCCOc1cc(-c2cccc(C(N)(CO)CCl)n2)cc2c1cnn2-c1cccc(CO)n1. The molecule has 0 radical (unpaired) electrons. The topological polar surface area (TPSA) is 129 Å². The van der Waals surface area contributed by atoms with E-state index in [2.05, 4.69) is 15.1 Å². The Morgan fingerprint density at radius 1 is 1.09 bits per heavy atom. The van der Waals surface area contributed by atoms with Gasteiger partial charge in [-0.05, 0) is 36.4 Å². The predicted octanol–water partition coefficient (Wildman–Crippen LogP) is 2.39. The average molecular weight is 484 g/mol. The first-order valence-corrected chi connectivity index (χ1v) is 11.2. The molecule has 9 nitrogen and oxygen atoms in total. The van der Waals surface area contributed by atoms with Gasteiger partial charge in [0, 0.05) is 18.6 Å². The summed E-state index contributed by atoms with van der Waals surface area (Å²) in [4.78, 5) is 9.16. The highest BCUT2D eigenvalue weighted by molar-refractivity contribution is 6.18. The molecule has 4 aromatic rings. The molecule has 4 N–H and O–H groups in total. The van der Waals surface area contributed by atoms with E-state index in [9.17, 15) is 10.2 Å². The van der Waals surface area contributed by atoms with Gasteiger partial charge in [0.2, 0.25) is 0 Å². The average Bonchev–Trinajstić information content (AvgIpc) is 3.32. The number of fused-ring (bicyclic) bond motifs is 1. The van der Waals surface area contributed by atoms with Gasteiger partial charge in [0.25, 0.3) is 0 Å². The molecule has 3 heterocycles. The van der Waals surface area contributed by atoms with E-state index < -0.39 is 5.54 Å². The van der Waals surface area contributed by atoms with Crippen molar-refractivity contribution >= 4 is 22.5 Å². The van der Waals surface area contributed by atoms with E-state index in [4.69, 9.17) is 26.8 Å². The second-order valence-electron chi connectivity index (χ2n) is 7.81. The molecule has 0 aliphatic carbocycles. The summed E-state index contributed by atoms with van der Waals surface area (Å²) in [6.45, 7) is 0.272. The Morgan fingerprint density at radius 3 is 2.65 bits per heavy atom. The molecule has 0 spiro atoms. The van der Waals surface area contributed by atoms with Crippen LogP contribution in [0.3, 0.4) is 0 Å². The van der Waals surface area contributed by atoms with Gasteiger partial charge in [-0.15, -0.1) is 11.6 Å². The van der Waals surface area contributed by atoms with E-state index in [1.165, 1.54) is 0 Å². The number of nitrogens with two attached hydrogens (primary N) is 1. The van der Waals surface area contributed by atoms with Crippen LogP contribution in [0.1, 0.15) is 11.4 Å². The van der Waals surface area contributed by atoms with Crippen molar-refractivity contribution in [3.05, 3.63) is 66.1 Å². The number of rotatable bonds is 10. The molecule has 0 amide bonds. The molecule has 4 rings (SSSR count). The van der Waals surface area contributed by atoms with Crippen molar-refractivity contribution in [3.63, 3.8) is 0 Å². The highest BCUT2D eigenvalue weighted by Gasteiger charge is 2.27. The third-order valence-corrected chi connectivity index (χ3v) is 5.92. The van der Waals surface area contributed by atoms with E-state index in [0.717, 1.165) is 16.5 Å². The first-order chi connectivity index (χ1) is 16.5. The summed E-state index contributed by atoms with van der Waals surface area (Å²) in [7, 11) is 1.61. The summed E-state index contributed by atoms with van der Waals surface area (Å²) in [6.07, 6.45) is 1.71. The zero-order valence-corrected chi connectivity index (χ0v) is 19.4. The van der Waals surface area contributed by atoms with Crippen LogP contribution in [0.25, 0.3) is 28.0 Å². The molecular weight excluding hydrogens is 458 g/mol. The van der Waals surface area contributed by atoms with Crippen LogP contribution in [0, 0.1) is 0 Å². The van der Waals surface area contributed by atoms with Crippen LogP contribution in [0.2, 0.25) is 0 Å². The Morgan fingerprint density at radius 2 is 1.91 bits per heavy atom. The molecule has 0 saturated heterocycles. The van der Waals surface area contributed by atoms with E-state index in [0.29, 0.717) is 41.9 Å². The number of aliphatic hydroxyl groups is 2. The molecular formula is C24H26ClN5O4. The van der Waals surface area contributed by atoms with E-state index in [1.54, 1.807) is 30.1 Å². The minimum absolute atomic E-state index is 0.0179. The maximum absolute atomic E-state index is 9.77. The van der Waals surface area contributed by atoms with Gasteiger partial charge < -0.3 is 25.4 Å². The minimum atomic E-state index is -1.16. The maximum Gasteiger partial charge on any atom is 0.154 e. The molecule has 0 aliphatic heterocycles. The molecule has 1 aromatic carbocycles. The van der Waals surface area contributed by atoms with Gasteiger partial charge in [0.15, 0.2) is 5.82 Å². The molecule has 3 aromatic heterocycles.